The van der Waals surface area contributed by atoms with Crippen molar-refractivity contribution in [1.82, 2.24) is 9.97 Å². The predicted molar refractivity (Wildman–Crippen MR) is 72.9 cm³/mol. The first-order valence-electron chi connectivity index (χ1n) is 6.55. The summed E-state index contributed by atoms with van der Waals surface area (Å²) < 4.78 is 0. The van der Waals surface area contributed by atoms with Crippen LogP contribution in [-0.2, 0) is 0 Å². The van der Waals surface area contributed by atoms with Crippen molar-refractivity contribution in [2.45, 2.75) is 33.2 Å². The fourth-order valence-electron chi connectivity index (χ4n) is 2.31. The lowest BCUT2D eigenvalue weighted by Crippen LogP contribution is -2.24. The molecule has 2 N–H and O–H groups in total. The lowest BCUT2D eigenvalue weighted by atomic mass is 10.2. The minimum Gasteiger partial charge on any atom is -0.394 e. The van der Waals surface area contributed by atoms with Crippen molar-refractivity contribution in [3.8, 4) is 0 Å². The van der Waals surface area contributed by atoms with Crippen LogP contribution in [0.2, 0.25) is 0 Å². The summed E-state index contributed by atoms with van der Waals surface area (Å²) in [5.41, 5.74) is 1.06. The van der Waals surface area contributed by atoms with Crippen LogP contribution in [0.4, 0.5) is 11.6 Å². The van der Waals surface area contributed by atoms with E-state index >= 15 is 0 Å². The van der Waals surface area contributed by atoms with Gasteiger partial charge in [-0.1, -0.05) is 6.92 Å². The second-order valence-corrected chi connectivity index (χ2v) is 5.24. The van der Waals surface area contributed by atoms with Crippen molar-refractivity contribution in [1.29, 1.82) is 0 Å². The summed E-state index contributed by atoms with van der Waals surface area (Å²) >= 11 is 0. The summed E-state index contributed by atoms with van der Waals surface area (Å²) in [5.74, 6) is 2.57. The second kappa shape index (κ2) is 5.52. The molecule has 1 aliphatic rings. The maximum atomic E-state index is 9.09. The van der Waals surface area contributed by atoms with E-state index in [2.05, 4.69) is 27.1 Å². The summed E-state index contributed by atoms with van der Waals surface area (Å²) in [7, 11) is 0. The van der Waals surface area contributed by atoms with Crippen LogP contribution in [-0.4, -0.2) is 40.8 Å². The molecule has 0 radical (unpaired) electrons. The minimum absolute atomic E-state index is 0.00366. The number of rotatable bonds is 4. The van der Waals surface area contributed by atoms with E-state index in [4.69, 9.17) is 5.11 Å². The molecule has 0 bridgehead atoms. The Balaban J connectivity index is 2.19. The van der Waals surface area contributed by atoms with Gasteiger partial charge >= 0.3 is 0 Å². The number of aliphatic hydroxyl groups excluding tert-OH is 1. The molecule has 0 aliphatic carbocycles. The molecule has 1 unspecified atom stereocenters. The van der Waals surface area contributed by atoms with E-state index < -0.39 is 0 Å². The Morgan fingerprint density at radius 3 is 2.94 bits per heavy atom. The van der Waals surface area contributed by atoms with Crippen LogP contribution in [0.15, 0.2) is 6.33 Å². The van der Waals surface area contributed by atoms with Gasteiger partial charge in [0.2, 0.25) is 0 Å². The molecule has 0 aromatic carbocycles. The van der Waals surface area contributed by atoms with Crippen molar-refractivity contribution < 1.29 is 5.11 Å². The van der Waals surface area contributed by atoms with Gasteiger partial charge in [-0.25, -0.2) is 9.97 Å². The Hall–Kier alpha value is -1.36. The van der Waals surface area contributed by atoms with Gasteiger partial charge in [0, 0.05) is 24.7 Å². The number of aliphatic hydroxyl groups is 1. The highest BCUT2D eigenvalue weighted by molar-refractivity contribution is 5.58. The van der Waals surface area contributed by atoms with E-state index in [1.54, 1.807) is 6.33 Å². The van der Waals surface area contributed by atoms with E-state index in [9.17, 15) is 0 Å². The number of hydrogen-bond acceptors (Lipinski definition) is 5. The minimum atomic E-state index is 0.00366. The van der Waals surface area contributed by atoms with Crippen LogP contribution in [0.3, 0.4) is 0 Å². The van der Waals surface area contributed by atoms with Crippen molar-refractivity contribution >= 4 is 11.6 Å². The third kappa shape index (κ3) is 2.72. The van der Waals surface area contributed by atoms with E-state index in [0.29, 0.717) is 0 Å². The van der Waals surface area contributed by atoms with Crippen LogP contribution in [0.25, 0.3) is 0 Å². The Bertz CT molecular complexity index is 410. The van der Waals surface area contributed by atoms with Gasteiger partial charge in [-0.2, -0.15) is 0 Å². The Kier molecular flexibility index (Phi) is 4.01. The zero-order valence-electron chi connectivity index (χ0n) is 11.3. The van der Waals surface area contributed by atoms with Gasteiger partial charge in [0.1, 0.15) is 18.0 Å². The molecule has 1 saturated heterocycles. The Morgan fingerprint density at radius 1 is 1.56 bits per heavy atom. The first kappa shape index (κ1) is 13.1. The van der Waals surface area contributed by atoms with Crippen LogP contribution < -0.4 is 10.2 Å². The van der Waals surface area contributed by atoms with E-state index in [-0.39, 0.29) is 12.6 Å². The third-order valence-corrected chi connectivity index (χ3v) is 3.44. The summed E-state index contributed by atoms with van der Waals surface area (Å²) in [6, 6.07) is 0.00366. The summed E-state index contributed by atoms with van der Waals surface area (Å²) in [6.07, 6.45) is 2.82. The van der Waals surface area contributed by atoms with Gasteiger partial charge in [0.05, 0.1) is 6.61 Å². The van der Waals surface area contributed by atoms with E-state index in [0.717, 1.165) is 36.2 Å². The molecule has 1 aromatic heterocycles. The van der Waals surface area contributed by atoms with Gasteiger partial charge < -0.3 is 15.3 Å². The monoisotopic (exact) mass is 250 g/mol. The highest BCUT2D eigenvalue weighted by atomic mass is 16.3. The van der Waals surface area contributed by atoms with Gasteiger partial charge in [-0.3, -0.25) is 0 Å². The first-order chi connectivity index (χ1) is 8.61. The lowest BCUT2D eigenvalue weighted by Gasteiger charge is -2.21. The molecule has 2 heterocycles. The number of nitrogens with zero attached hydrogens (tertiary/aromatic N) is 3. The van der Waals surface area contributed by atoms with Gasteiger partial charge in [-0.15, -0.1) is 0 Å². The first-order valence-corrected chi connectivity index (χ1v) is 6.55. The third-order valence-electron chi connectivity index (χ3n) is 3.44. The summed E-state index contributed by atoms with van der Waals surface area (Å²) in [4.78, 5) is 11.0. The standard InChI is InChI=1S/C13H22N4O/c1-9-4-5-17(6-9)13-11(3)12(14-8-15-13)16-10(2)7-18/h8-10,18H,4-7H2,1-3H3,(H,14,15,16)/t9?,10-/m1/s1. The average Bonchev–Trinajstić information content (AvgIpc) is 2.78. The van der Waals surface area contributed by atoms with E-state index in [1.807, 2.05) is 13.8 Å². The van der Waals surface area contributed by atoms with Gasteiger partial charge in [-0.05, 0) is 26.2 Å². The van der Waals surface area contributed by atoms with Crippen molar-refractivity contribution in [3.05, 3.63) is 11.9 Å². The number of nitrogens with one attached hydrogen (secondary N) is 1. The summed E-state index contributed by atoms with van der Waals surface area (Å²) in [5, 5.41) is 12.3. The summed E-state index contributed by atoms with van der Waals surface area (Å²) in [6.45, 7) is 8.45. The van der Waals surface area contributed by atoms with E-state index in [1.165, 1.54) is 6.42 Å². The Morgan fingerprint density at radius 2 is 2.33 bits per heavy atom. The molecule has 0 amide bonds. The maximum Gasteiger partial charge on any atom is 0.137 e. The van der Waals surface area contributed by atoms with Crippen LogP contribution in [0.1, 0.15) is 25.8 Å². The number of hydrogen-bond donors (Lipinski definition) is 2. The van der Waals surface area contributed by atoms with Crippen LogP contribution >= 0.6 is 0 Å². The van der Waals surface area contributed by atoms with Crippen LogP contribution in [0.5, 0.6) is 0 Å². The zero-order valence-corrected chi connectivity index (χ0v) is 11.3. The molecule has 5 nitrogen and oxygen atoms in total. The molecule has 18 heavy (non-hydrogen) atoms. The fraction of sp³-hybridized carbons (Fsp3) is 0.692. The average molecular weight is 250 g/mol. The molecular weight excluding hydrogens is 228 g/mol. The van der Waals surface area contributed by atoms with Crippen molar-refractivity contribution in [2.24, 2.45) is 5.92 Å². The van der Waals surface area contributed by atoms with Gasteiger partial charge in [0.15, 0.2) is 0 Å². The predicted octanol–water partition coefficient (Wildman–Crippen LogP) is 1.42. The smallest absolute Gasteiger partial charge is 0.137 e. The quantitative estimate of drug-likeness (QED) is 0.846. The molecule has 1 aliphatic heterocycles. The van der Waals surface area contributed by atoms with Crippen molar-refractivity contribution in [3.63, 3.8) is 0 Å². The lowest BCUT2D eigenvalue weighted by molar-refractivity contribution is 0.281. The normalized spacial score (nSPS) is 21.1. The number of anilines is 2. The second-order valence-electron chi connectivity index (χ2n) is 5.24. The number of aromatic nitrogens is 2. The molecule has 5 heteroatoms. The molecule has 2 atom stereocenters. The highest BCUT2D eigenvalue weighted by Gasteiger charge is 2.22. The molecular formula is C13H22N4O. The molecule has 2 rings (SSSR count). The Labute approximate surface area is 108 Å². The molecule has 1 aromatic rings. The highest BCUT2D eigenvalue weighted by Crippen LogP contribution is 2.27. The van der Waals surface area contributed by atoms with Crippen LogP contribution in [0, 0.1) is 12.8 Å². The zero-order chi connectivity index (χ0) is 13.1. The molecule has 1 fully saturated rings. The topological polar surface area (TPSA) is 61.3 Å². The van der Waals surface area contributed by atoms with Crippen molar-refractivity contribution in [2.75, 3.05) is 29.9 Å². The molecule has 100 valence electrons. The largest absolute Gasteiger partial charge is 0.394 e. The molecule has 0 saturated carbocycles. The fourth-order valence-corrected chi connectivity index (χ4v) is 2.31. The van der Waals surface area contributed by atoms with Gasteiger partial charge in [0.25, 0.3) is 0 Å². The molecule has 0 spiro atoms. The SMILES string of the molecule is Cc1c(N[C@H](C)CO)ncnc1N1CCC(C)C1. The maximum absolute atomic E-state index is 9.09.